The fourth-order valence-electron chi connectivity index (χ4n) is 1.73. The molecule has 0 radical (unpaired) electrons. The highest BCUT2D eigenvalue weighted by atomic mass is 35.5. The number of aromatic nitrogens is 2. The summed E-state index contributed by atoms with van der Waals surface area (Å²) in [5.74, 6) is -1.22. The third kappa shape index (κ3) is 4.17. The van der Waals surface area contributed by atoms with Gasteiger partial charge in [0.1, 0.15) is 5.56 Å². The van der Waals surface area contributed by atoms with Crippen molar-refractivity contribution in [3.05, 3.63) is 57.2 Å². The highest BCUT2D eigenvalue weighted by Crippen LogP contribution is 2.24. The second-order valence-corrected chi connectivity index (χ2v) is 5.30. The zero-order valence-electron chi connectivity index (χ0n) is 12.4. The molecule has 0 bridgehead atoms. The molecule has 0 aliphatic rings. The van der Waals surface area contributed by atoms with Gasteiger partial charge in [0, 0.05) is 6.20 Å². The number of hydrogen-bond donors (Lipinski definition) is 2. The van der Waals surface area contributed by atoms with E-state index in [1.54, 1.807) is 13.8 Å². The van der Waals surface area contributed by atoms with Crippen molar-refractivity contribution >= 4 is 29.2 Å². The van der Waals surface area contributed by atoms with Crippen LogP contribution in [-0.2, 0) is 4.74 Å². The van der Waals surface area contributed by atoms with Gasteiger partial charge in [0.25, 0.3) is 11.5 Å². The zero-order chi connectivity index (χ0) is 17.0. The average Bonchev–Trinajstić information content (AvgIpc) is 2.49. The van der Waals surface area contributed by atoms with Crippen molar-refractivity contribution in [3.8, 4) is 0 Å². The number of rotatable bonds is 4. The molecule has 2 rings (SSSR count). The Morgan fingerprint density at radius 2 is 2.09 bits per heavy atom. The summed E-state index contributed by atoms with van der Waals surface area (Å²) in [5.41, 5.74) is -0.320. The number of esters is 1. The lowest BCUT2D eigenvalue weighted by molar-refractivity contribution is 0.0378. The second-order valence-electron chi connectivity index (χ2n) is 4.90. The molecule has 0 saturated heterocycles. The fraction of sp³-hybridized carbons (Fsp3) is 0.200. The quantitative estimate of drug-likeness (QED) is 0.834. The second kappa shape index (κ2) is 7.06. The number of aromatic amines is 1. The van der Waals surface area contributed by atoms with Crippen molar-refractivity contribution in [2.45, 2.75) is 20.0 Å². The van der Waals surface area contributed by atoms with Gasteiger partial charge in [0.05, 0.1) is 28.7 Å². The van der Waals surface area contributed by atoms with Gasteiger partial charge in [0.2, 0.25) is 0 Å². The van der Waals surface area contributed by atoms with Gasteiger partial charge in [-0.05, 0) is 32.0 Å². The molecule has 1 amide bonds. The Bertz CT molecular complexity index is 801. The Balaban J connectivity index is 2.26. The SMILES string of the molecule is CC(C)OC(=O)c1ccc(Cl)c(NC(=O)c2cnc[nH]c2=O)c1. The number of benzene rings is 1. The van der Waals surface area contributed by atoms with Crippen molar-refractivity contribution in [1.29, 1.82) is 0 Å². The highest BCUT2D eigenvalue weighted by molar-refractivity contribution is 6.34. The summed E-state index contributed by atoms with van der Waals surface area (Å²) >= 11 is 6.01. The topological polar surface area (TPSA) is 101 Å². The van der Waals surface area contributed by atoms with Crippen LogP contribution in [-0.4, -0.2) is 27.9 Å². The summed E-state index contributed by atoms with van der Waals surface area (Å²) < 4.78 is 5.08. The summed E-state index contributed by atoms with van der Waals surface area (Å²) in [6.07, 6.45) is 2.04. The number of halogens is 1. The molecule has 0 atom stereocenters. The van der Waals surface area contributed by atoms with Gasteiger partial charge < -0.3 is 15.0 Å². The van der Waals surface area contributed by atoms with Gasteiger partial charge in [-0.1, -0.05) is 11.6 Å². The number of amides is 1. The number of nitrogens with zero attached hydrogens (tertiary/aromatic N) is 1. The normalized spacial score (nSPS) is 10.4. The molecule has 1 heterocycles. The first kappa shape index (κ1) is 16.7. The van der Waals surface area contributed by atoms with Crippen LogP contribution in [0.1, 0.15) is 34.6 Å². The first-order valence-corrected chi connectivity index (χ1v) is 7.11. The van der Waals surface area contributed by atoms with E-state index in [1.807, 2.05) is 0 Å². The van der Waals surface area contributed by atoms with E-state index in [4.69, 9.17) is 16.3 Å². The number of ether oxygens (including phenoxy) is 1. The van der Waals surface area contributed by atoms with E-state index >= 15 is 0 Å². The molecule has 23 heavy (non-hydrogen) atoms. The molecule has 2 aromatic rings. The lowest BCUT2D eigenvalue weighted by Crippen LogP contribution is -2.23. The van der Waals surface area contributed by atoms with E-state index in [0.29, 0.717) is 0 Å². The molecule has 0 aliphatic heterocycles. The number of nitrogens with one attached hydrogen (secondary N) is 2. The monoisotopic (exact) mass is 335 g/mol. The van der Waals surface area contributed by atoms with Crippen molar-refractivity contribution in [1.82, 2.24) is 9.97 Å². The summed E-state index contributed by atoms with van der Waals surface area (Å²) in [6, 6.07) is 4.33. The molecule has 1 aromatic heterocycles. The van der Waals surface area contributed by atoms with Crippen molar-refractivity contribution in [3.63, 3.8) is 0 Å². The van der Waals surface area contributed by atoms with E-state index < -0.39 is 17.4 Å². The first-order chi connectivity index (χ1) is 10.9. The number of H-pyrrole nitrogens is 1. The van der Waals surface area contributed by atoms with Crippen LogP contribution in [0.2, 0.25) is 5.02 Å². The summed E-state index contributed by atoms with van der Waals surface area (Å²) in [4.78, 5) is 41.5. The molecule has 8 heteroatoms. The van der Waals surface area contributed by atoms with Crippen LogP contribution >= 0.6 is 11.6 Å². The number of anilines is 1. The van der Waals surface area contributed by atoms with Gasteiger partial charge >= 0.3 is 5.97 Å². The third-order valence-corrected chi connectivity index (χ3v) is 3.09. The van der Waals surface area contributed by atoms with E-state index in [2.05, 4.69) is 15.3 Å². The maximum Gasteiger partial charge on any atom is 0.338 e. The molecule has 0 aliphatic carbocycles. The summed E-state index contributed by atoms with van der Waals surface area (Å²) in [7, 11) is 0. The molecule has 0 saturated carbocycles. The Morgan fingerprint density at radius 1 is 1.35 bits per heavy atom. The van der Waals surface area contributed by atoms with Crippen LogP contribution in [0.5, 0.6) is 0 Å². The largest absolute Gasteiger partial charge is 0.459 e. The Hall–Kier alpha value is -2.67. The molecule has 2 N–H and O–H groups in total. The van der Waals surface area contributed by atoms with Gasteiger partial charge in [-0.25, -0.2) is 9.78 Å². The summed E-state index contributed by atoms with van der Waals surface area (Å²) in [5, 5.41) is 2.70. The minimum absolute atomic E-state index is 0.168. The van der Waals surface area contributed by atoms with Gasteiger partial charge in [0.15, 0.2) is 0 Å². The fourth-order valence-corrected chi connectivity index (χ4v) is 1.89. The van der Waals surface area contributed by atoms with Crippen molar-refractivity contribution in [2.24, 2.45) is 0 Å². The molecular weight excluding hydrogens is 322 g/mol. The predicted molar refractivity (Wildman–Crippen MR) is 84.8 cm³/mol. The van der Waals surface area contributed by atoms with Crippen LogP contribution in [0, 0.1) is 0 Å². The Labute approximate surface area is 136 Å². The minimum atomic E-state index is -0.685. The lowest BCUT2D eigenvalue weighted by Gasteiger charge is -2.11. The molecular formula is C15H14ClN3O4. The highest BCUT2D eigenvalue weighted by Gasteiger charge is 2.15. The third-order valence-electron chi connectivity index (χ3n) is 2.76. The van der Waals surface area contributed by atoms with Crippen LogP contribution in [0.4, 0.5) is 5.69 Å². The van der Waals surface area contributed by atoms with Crippen LogP contribution in [0.25, 0.3) is 0 Å². The summed E-state index contributed by atoms with van der Waals surface area (Å²) in [6.45, 7) is 3.45. The molecule has 0 spiro atoms. The minimum Gasteiger partial charge on any atom is -0.459 e. The van der Waals surface area contributed by atoms with E-state index in [-0.39, 0.29) is 27.9 Å². The number of carbonyl (C=O) groups is 2. The molecule has 120 valence electrons. The maximum absolute atomic E-state index is 12.1. The van der Waals surface area contributed by atoms with Gasteiger partial charge in [-0.2, -0.15) is 0 Å². The average molecular weight is 336 g/mol. The predicted octanol–water partition coefficient (Wildman–Crippen LogP) is 2.24. The Morgan fingerprint density at radius 3 is 2.74 bits per heavy atom. The van der Waals surface area contributed by atoms with Crippen LogP contribution in [0.3, 0.4) is 0 Å². The first-order valence-electron chi connectivity index (χ1n) is 6.73. The molecule has 1 aromatic carbocycles. The van der Waals surface area contributed by atoms with Crippen molar-refractivity contribution < 1.29 is 14.3 Å². The van der Waals surface area contributed by atoms with Crippen LogP contribution < -0.4 is 10.9 Å². The molecule has 0 unspecified atom stereocenters. The van der Waals surface area contributed by atoms with Gasteiger partial charge in [-0.15, -0.1) is 0 Å². The maximum atomic E-state index is 12.1. The van der Waals surface area contributed by atoms with E-state index in [1.165, 1.54) is 24.5 Å². The van der Waals surface area contributed by atoms with E-state index in [9.17, 15) is 14.4 Å². The Kier molecular flexibility index (Phi) is 5.13. The van der Waals surface area contributed by atoms with Crippen LogP contribution in [0.15, 0.2) is 35.5 Å². The number of hydrogen-bond acceptors (Lipinski definition) is 5. The smallest absolute Gasteiger partial charge is 0.338 e. The standard InChI is InChI=1S/C15H14ClN3O4/c1-8(2)23-15(22)9-3-4-11(16)12(5-9)19-14(21)10-6-17-7-18-13(10)20/h3-8H,1-2H3,(H,19,21)(H,17,18,20). The van der Waals surface area contributed by atoms with Crippen molar-refractivity contribution in [2.75, 3.05) is 5.32 Å². The molecule has 7 nitrogen and oxygen atoms in total. The lowest BCUT2D eigenvalue weighted by atomic mass is 10.2. The molecule has 0 fully saturated rings. The zero-order valence-corrected chi connectivity index (χ0v) is 13.2. The number of carbonyl (C=O) groups excluding carboxylic acids is 2. The van der Waals surface area contributed by atoms with E-state index in [0.717, 1.165) is 6.20 Å². The van der Waals surface area contributed by atoms with Gasteiger partial charge in [-0.3, -0.25) is 9.59 Å².